The van der Waals surface area contributed by atoms with Crippen LogP contribution in [0.15, 0.2) is 48.5 Å². The van der Waals surface area contributed by atoms with Gasteiger partial charge >= 0.3 is 0 Å². The molecule has 152 valence electrons. The molecule has 1 aliphatic carbocycles. The van der Waals surface area contributed by atoms with Gasteiger partial charge in [0.15, 0.2) is 0 Å². The summed E-state index contributed by atoms with van der Waals surface area (Å²) in [5.41, 5.74) is 0. The van der Waals surface area contributed by atoms with E-state index in [9.17, 15) is 9.67 Å². The fourth-order valence-corrected chi connectivity index (χ4v) is 6.53. The zero-order chi connectivity index (χ0) is 20.3. The van der Waals surface area contributed by atoms with Crippen LogP contribution in [0.4, 0.5) is 0 Å². The summed E-state index contributed by atoms with van der Waals surface area (Å²) in [4.78, 5) is 0. The molecule has 3 rings (SSSR count). The molecule has 0 aromatic heterocycles. The summed E-state index contributed by atoms with van der Waals surface area (Å²) in [7, 11) is -1.93. The number of aromatic hydroxyl groups is 1. The molecule has 0 bridgehead atoms. The molecule has 0 amide bonds. The third kappa shape index (κ3) is 4.29. The van der Waals surface area contributed by atoms with E-state index in [1.807, 2.05) is 30.3 Å². The second kappa shape index (κ2) is 8.71. The van der Waals surface area contributed by atoms with Crippen molar-refractivity contribution < 1.29 is 18.9 Å². The van der Waals surface area contributed by atoms with E-state index in [1.165, 1.54) is 12.5 Å². The molecular formula is C23H31O4P. The van der Waals surface area contributed by atoms with Crippen molar-refractivity contribution in [3.8, 4) is 11.5 Å². The Morgan fingerprint density at radius 3 is 2.43 bits per heavy atom. The summed E-state index contributed by atoms with van der Waals surface area (Å²) in [5.74, 6) is 1.80. The van der Waals surface area contributed by atoms with Crippen LogP contribution >= 0.6 is 7.37 Å². The standard InChI is InChI=1S/C23H31O4P/c1-16(2)20-12-10-17(3)14-22(20)27-28(25,19-8-6-5-7-9-19)23-13-11-18(26-4)15-21(23)24/h5-9,11,13,15-17,20,22,24H,10,12,14H2,1-4H3/t17-,20+,22-,28-/m1/s1. The highest BCUT2D eigenvalue weighted by Gasteiger charge is 2.40. The summed E-state index contributed by atoms with van der Waals surface area (Å²) in [6.45, 7) is 6.63. The quantitative estimate of drug-likeness (QED) is 0.683. The van der Waals surface area contributed by atoms with Gasteiger partial charge in [0.1, 0.15) is 11.5 Å². The Kier molecular flexibility index (Phi) is 6.52. The molecule has 0 radical (unpaired) electrons. The largest absolute Gasteiger partial charge is 0.507 e. The first-order valence-corrected chi connectivity index (χ1v) is 11.7. The van der Waals surface area contributed by atoms with E-state index in [-0.39, 0.29) is 11.9 Å². The molecule has 0 unspecified atom stereocenters. The van der Waals surface area contributed by atoms with E-state index in [4.69, 9.17) is 9.26 Å². The lowest BCUT2D eigenvalue weighted by atomic mass is 9.75. The molecule has 0 saturated heterocycles. The highest BCUT2D eigenvalue weighted by molar-refractivity contribution is 7.74. The molecule has 4 atom stereocenters. The van der Waals surface area contributed by atoms with E-state index in [1.54, 1.807) is 19.2 Å². The van der Waals surface area contributed by atoms with Gasteiger partial charge in [-0.05, 0) is 54.9 Å². The Morgan fingerprint density at radius 1 is 1.11 bits per heavy atom. The van der Waals surface area contributed by atoms with Gasteiger partial charge in [-0.3, -0.25) is 4.57 Å². The molecule has 1 N–H and O–H groups in total. The normalized spacial score (nSPS) is 24.7. The van der Waals surface area contributed by atoms with Crippen molar-refractivity contribution in [2.75, 3.05) is 7.11 Å². The van der Waals surface area contributed by atoms with E-state index in [0.717, 1.165) is 12.8 Å². The Morgan fingerprint density at radius 2 is 1.82 bits per heavy atom. The van der Waals surface area contributed by atoms with E-state index in [0.29, 0.717) is 34.1 Å². The molecule has 2 aromatic rings. The minimum atomic E-state index is -3.47. The van der Waals surface area contributed by atoms with Gasteiger partial charge < -0.3 is 14.4 Å². The van der Waals surface area contributed by atoms with Crippen LogP contribution in [0, 0.1) is 17.8 Å². The lowest BCUT2D eigenvalue weighted by molar-refractivity contribution is 0.0514. The maximum atomic E-state index is 14.4. The smallest absolute Gasteiger partial charge is 0.265 e. The van der Waals surface area contributed by atoms with Crippen LogP contribution in [0.5, 0.6) is 11.5 Å². The van der Waals surface area contributed by atoms with Gasteiger partial charge in [-0.2, -0.15) is 0 Å². The zero-order valence-corrected chi connectivity index (χ0v) is 18.1. The molecule has 0 aliphatic heterocycles. The lowest BCUT2D eigenvalue weighted by Crippen LogP contribution is -2.36. The van der Waals surface area contributed by atoms with Crippen LogP contribution in [-0.4, -0.2) is 18.3 Å². The summed E-state index contributed by atoms with van der Waals surface area (Å²) in [6, 6.07) is 14.1. The van der Waals surface area contributed by atoms with Crippen LogP contribution in [-0.2, 0) is 9.09 Å². The minimum absolute atomic E-state index is 0.0588. The monoisotopic (exact) mass is 402 g/mol. The van der Waals surface area contributed by atoms with Gasteiger partial charge in [0.05, 0.1) is 18.5 Å². The number of methoxy groups -OCH3 is 1. The summed E-state index contributed by atoms with van der Waals surface area (Å²) in [5, 5.41) is 11.6. The van der Waals surface area contributed by atoms with Gasteiger partial charge in [0, 0.05) is 11.4 Å². The first kappa shape index (κ1) is 21.0. The fourth-order valence-electron chi connectivity index (χ4n) is 4.19. The predicted molar refractivity (Wildman–Crippen MR) is 114 cm³/mol. The SMILES string of the molecule is COc1ccc([P@](=O)(O[C@@H]2C[C@H](C)CC[C@H]2C(C)C)c2ccccc2)c(O)c1. The van der Waals surface area contributed by atoms with Crippen LogP contribution in [0.2, 0.25) is 0 Å². The lowest BCUT2D eigenvalue weighted by Gasteiger charge is -2.39. The molecule has 1 saturated carbocycles. The highest BCUT2D eigenvalue weighted by Crippen LogP contribution is 2.52. The number of rotatable bonds is 6. The molecule has 1 aliphatic rings. The maximum absolute atomic E-state index is 14.4. The van der Waals surface area contributed by atoms with Gasteiger partial charge in [-0.15, -0.1) is 0 Å². The van der Waals surface area contributed by atoms with Crippen molar-refractivity contribution in [3.63, 3.8) is 0 Å². The molecule has 1 fully saturated rings. The van der Waals surface area contributed by atoms with Crippen molar-refractivity contribution >= 4 is 18.0 Å². The third-order valence-electron chi connectivity index (χ3n) is 5.84. The van der Waals surface area contributed by atoms with Gasteiger partial charge in [0.2, 0.25) is 0 Å². The third-order valence-corrected chi connectivity index (χ3v) is 8.40. The maximum Gasteiger partial charge on any atom is 0.265 e. The van der Waals surface area contributed by atoms with E-state index >= 15 is 0 Å². The van der Waals surface area contributed by atoms with Crippen LogP contribution in [0.3, 0.4) is 0 Å². The molecule has 2 aromatic carbocycles. The van der Waals surface area contributed by atoms with Crippen LogP contribution < -0.4 is 15.3 Å². The molecule has 28 heavy (non-hydrogen) atoms. The number of phenols is 1. The van der Waals surface area contributed by atoms with E-state index in [2.05, 4.69) is 20.8 Å². The Labute approximate surface area is 168 Å². The second-order valence-electron chi connectivity index (χ2n) is 8.21. The number of ether oxygens (including phenoxy) is 1. The number of phenolic OH excluding ortho intramolecular Hbond substituents is 1. The van der Waals surface area contributed by atoms with Gasteiger partial charge in [-0.1, -0.05) is 45.4 Å². The van der Waals surface area contributed by atoms with E-state index < -0.39 is 7.37 Å². The van der Waals surface area contributed by atoms with Crippen molar-refractivity contribution in [1.82, 2.24) is 0 Å². The first-order chi connectivity index (χ1) is 13.3. The van der Waals surface area contributed by atoms with Crippen LogP contribution in [0.1, 0.15) is 40.0 Å². The minimum Gasteiger partial charge on any atom is -0.507 e. The summed E-state index contributed by atoms with van der Waals surface area (Å²) in [6.07, 6.45) is 3.03. The Bertz CT molecular complexity index is 834. The van der Waals surface area contributed by atoms with Crippen molar-refractivity contribution in [2.45, 2.75) is 46.1 Å². The van der Waals surface area contributed by atoms with Gasteiger partial charge in [-0.25, -0.2) is 0 Å². The topological polar surface area (TPSA) is 55.8 Å². The first-order valence-electron chi connectivity index (χ1n) is 10.1. The fraction of sp³-hybridized carbons (Fsp3) is 0.478. The molecule has 5 heteroatoms. The number of benzene rings is 2. The molecule has 0 spiro atoms. The van der Waals surface area contributed by atoms with Crippen molar-refractivity contribution in [2.24, 2.45) is 17.8 Å². The second-order valence-corrected chi connectivity index (χ2v) is 10.5. The molecule has 4 nitrogen and oxygen atoms in total. The number of hydrogen-bond acceptors (Lipinski definition) is 4. The summed E-state index contributed by atoms with van der Waals surface area (Å²) >= 11 is 0. The predicted octanol–water partition coefficient (Wildman–Crippen LogP) is 5.11. The molecule has 0 heterocycles. The highest BCUT2D eigenvalue weighted by atomic mass is 31.2. The van der Waals surface area contributed by atoms with Crippen molar-refractivity contribution in [1.29, 1.82) is 0 Å². The Hall–Kier alpha value is -1.77. The molecular weight excluding hydrogens is 371 g/mol. The Balaban J connectivity index is 2.06. The summed E-state index contributed by atoms with van der Waals surface area (Å²) < 4.78 is 26.1. The van der Waals surface area contributed by atoms with Crippen molar-refractivity contribution in [3.05, 3.63) is 48.5 Å². The van der Waals surface area contributed by atoms with Gasteiger partial charge in [0.25, 0.3) is 7.37 Å². The average Bonchev–Trinajstić information content (AvgIpc) is 2.68. The number of hydrogen-bond donors (Lipinski definition) is 1. The van der Waals surface area contributed by atoms with Crippen LogP contribution in [0.25, 0.3) is 0 Å². The zero-order valence-electron chi connectivity index (χ0n) is 17.2. The average molecular weight is 402 g/mol.